The van der Waals surface area contributed by atoms with E-state index in [1.54, 1.807) is 6.92 Å². The molecule has 2 aromatic rings. The van der Waals surface area contributed by atoms with Crippen LogP contribution in [0.3, 0.4) is 0 Å². The van der Waals surface area contributed by atoms with Gasteiger partial charge in [0.15, 0.2) is 5.69 Å². The van der Waals surface area contributed by atoms with Crippen LogP contribution in [0.2, 0.25) is 10.0 Å². The minimum absolute atomic E-state index is 0.00314. The van der Waals surface area contributed by atoms with Gasteiger partial charge in [-0.25, -0.2) is 9.48 Å². The number of halogens is 5. The Morgan fingerprint density at radius 2 is 1.94 bits per heavy atom. The van der Waals surface area contributed by atoms with Crippen LogP contribution in [0.4, 0.5) is 23.8 Å². The van der Waals surface area contributed by atoms with Crippen molar-refractivity contribution in [3.63, 3.8) is 0 Å². The first kappa shape index (κ1) is 22.7. The molecule has 0 unspecified atom stereocenters. The number of amides is 2. The molecule has 3 N–H and O–H groups in total. The van der Waals surface area contributed by atoms with Gasteiger partial charge in [0, 0.05) is 5.56 Å². The van der Waals surface area contributed by atoms with Crippen molar-refractivity contribution >= 4 is 41.0 Å². The fraction of sp³-hybridized carbons (Fsp3) is 0.333. The molecule has 0 atom stereocenters. The number of nitriles is 1. The van der Waals surface area contributed by atoms with Crippen LogP contribution < -0.4 is 11.1 Å². The molecule has 3 rings (SSSR count). The van der Waals surface area contributed by atoms with E-state index >= 15 is 0 Å². The molecule has 1 aromatic carbocycles. The van der Waals surface area contributed by atoms with Gasteiger partial charge in [0.2, 0.25) is 5.91 Å². The summed E-state index contributed by atoms with van der Waals surface area (Å²) in [6, 6.07) is 3.07. The number of nitrogens with zero attached hydrogens (tertiary/aromatic N) is 3. The Morgan fingerprint density at radius 3 is 2.35 bits per heavy atom. The van der Waals surface area contributed by atoms with E-state index in [-0.39, 0.29) is 42.2 Å². The maximum atomic E-state index is 13.1. The normalized spacial score (nSPS) is 14.6. The molecule has 1 heterocycles. The van der Waals surface area contributed by atoms with Crippen LogP contribution in [0.1, 0.15) is 36.6 Å². The first-order chi connectivity index (χ1) is 14.5. The van der Waals surface area contributed by atoms with Gasteiger partial charge in [-0.3, -0.25) is 10.1 Å². The minimum Gasteiger partial charge on any atom is -0.450 e. The van der Waals surface area contributed by atoms with Gasteiger partial charge in [0.1, 0.15) is 17.6 Å². The largest absolute Gasteiger partial charge is 0.450 e. The van der Waals surface area contributed by atoms with E-state index in [0.29, 0.717) is 12.1 Å². The maximum absolute atomic E-state index is 13.1. The molecule has 1 aromatic heterocycles. The Kier molecular flexibility index (Phi) is 5.82. The van der Waals surface area contributed by atoms with E-state index in [2.05, 4.69) is 10.4 Å². The third-order valence-corrected chi connectivity index (χ3v) is 5.32. The van der Waals surface area contributed by atoms with Crippen LogP contribution in [-0.4, -0.2) is 28.4 Å². The van der Waals surface area contributed by atoms with Crippen molar-refractivity contribution in [3.8, 4) is 11.8 Å². The summed E-state index contributed by atoms with van der Waals surface area (Å²) in [5, 5.41) is 15.1. The Labute approximate surface area is 183 Å². The van der Waals surface area contributed by atoms with Crippen molar-refractivity contribution < 1.29 is 27.5 Å². The van der Waals surface area contributed by atoms with Crippen molar-refractivity contribution in [3.05, 3.63) is 39.0 Å². The number of anilines is 1. The zero-order valence-corrected chi connectivity index (χ0v) is 17.3. The molecule has 0 aliphatic heterocycles. The van der Waals surface area contributed by atoms with E-state index in [4.69, 9.17) is 33.7 Å². The van der Waals surface area contributed by atoms with E-state index in [1.807, 2.05) is 6.07 Å². The standard InChI is InChI=1S/C18H14Cl2F3N5O3/c1-2-31-16(30)26-14-12(17(3-4-17)15(25)29)11(7-24)27-28(14)13-9(19)5-8(6-10(13)20)18(21,22)23/h5-6H,2-4H2,1H3,(H2,25,29)(H,26,30). The summed E-state index contributed by atoms with van der Waals surface area (Å²) in [6.07, 6.45) is -5.09. The molecule has 1 aliphatic rings. The Balaban J connectivity index is 2.29. The first-order valence-electron chi connectivity index (χ1n) is 8.80. The fourth-order valence-corrected chi connectivity index (χ4v) is 3.81. The number of carbonyl (C=O) groups excluding carboxylic acids is 2. The summed E-state index contributed by atoms with van der Waals surface area (Å²) in [5.74, 6) is -0.949. The number of benzene rings is 1. The summed E-state index contributed by atoms with van der Waals surface area (Å²) in [5.41, 5.74) is 2.66. The molecule has 1 fully saturated rings. The third kappa shape index (κ3) is 4.00. The number of carbonyl (C=O) groups is 2. The van der Waals surface area contributed by atoms with Crippen LogP contribution in [-0.2, 0) is 21.1 Å². The minimum atomic E-state index is -4.71. The number of hydrogen-bond acceptors (Lipinski definition) is 5. The fourth-order valence-electron chi connectivity index (χ4n) is 3.17. The van der Waals surface area contributed by atoms with Gasteiger partial charge in [0.05, 0.1) is 27.6 Å². The van der Waals surface area contributed by atoms with Crippen molar-refractivity contribution in [1.29, 1.82) is 5.26 Å². The van der Waals surface area contributed by atoms with E-state index in [9.17, 15) is 28.0 Å². The smallest absolute Gasteiger partial charge is 0.416 e. The lowest BCUT2D eigenvalue weighted by molar-refractivity contribution is -0.137. The highest BCUT2D eigenvalue weighted by Gasteiger charge is 2.55. The quantitative estimate of drug-likeness (QED) is 0.671. The SMILES string of the molecule is CCOC(=O)Nc1c(C2(C(N)=O)CC2)c(C#N)nn1-c1c(Cl)cc(C(F)(F)F)cc1Cl. The Morgan fingerprint density at radius 1 is 1.35 bits per heavy atom. The summed E-state index contributed by atoms with van der Waals surface area (Å²) in [6.45, 7) is 1.55. The molecule has 0 bridgehead atoms. The Hall–Kier alpha value is -2.97. The van der Waals surface area contributed by atoms with Gasteiger partial charge in [-0.1, -0.05) is 23.2 Å². The average molecular weight is 476 g/mol. The van der Waals surface area contributed by atoms with E-state index in [1.165, 1.54) is 0 Å². The predicted molar refractivity (Wildman–Crippen MR) is 104 cm³/mol. The van der Waals surface area contributed by atoms with Gasteiger partial charge >= 0.3 is 12.3 Å². The van der Waals surface area contributed by atoms with Crippen LogP contribution in [0.15, 0.2) is 12.1 Å². The summed E-state index contributed by atoms with van der Waals surface area (Å²) < 4.78 is 45.0. The van der Waals surface area contributed by atoms with Crippen LogP contribution in [0, 0.1) is 11.3 Å². The van der Waals surface area contributed by atoms with Gasteiger partial charge in [-0.05, 0) is 31.9 Å². The summed E-state index contributed by atoms with van der Waals surface area (Å²) in [4.78, 5) is 24.2. The molecule has 13 heteroatoms. The second kappa shape index (κ2) is 7.94. The van der Waals surface area contributed by atoms with Crippen molar-refractivity contribution in [1.82, 2.24) is 9.78 Å². The lowest BCUT2D eigenvalue weighted by Gasteiger charge is -2.17. The second-order valence-electron chi connectivity index (χ2n) is 6.67. The highest BCUT2D eigenvalue weighted by atomic mass is 35.5. The number of ether oxygens (including phenoxy) is 1. The highest BCUT2D eigenvalue weighted by Crippen LogP contribution is 2.52. The van der Waals surface area contributed by atoms with E-state index < -0.39 is 39.2 Å². The highest BCUT2D eigenvalue weighted by molar-refractivity contribution is 6.38. The third-order valence-electron chi connectivity index (χ3n) is 4.74. The van der Waals surface area contributed by atoms with E-state index in [0.717, 1.165) is 4.68 Å². The molecule has 164 valence electrons. The molecule has 0 saturated heterocycles. The number of aromatic nitrogens is 2. The molecule has 1 saturated carbocycles. The zero-order chi connectivity index (χ0) is 23.1. The average Bonchev–Trinajstić information content (AvgIpc) is 3.39. The van der Waals surface area contributed by atoms with Crippen LogP contribution in [0.5, 0.6) is 0 Å². The number of alkyl halides is 3. The maximum Gasteiger partial charge on any atom is 0.416 e. The van der Waals surface area contributed by atoms with Crippen molar-refractivity contribution in [2.24, 2.45) is 5.73 Å². The molecule has 8 nitrogen and oxygen atoms in total. The molecule has 31 heavy (non-hydrogen) atoms. The molecule has 0 spiro atoms. The van der Waals surface area contributed by atoms with Crippen LogP contribution >= 0.6 is 23.2 Å². The second-order valence-corrected chi connectivity index (χ2v) is 7.49. The molecular weight excluding hydrogens is 462 g/mol. The molecule has 0 radical (unpaired) electrons. The molecule has 2 amide bonds. The first-order valence-corrected chi connectivity index (χ1v) is 9.55. The lowest BCUT2D eigenvalue weighted by atomic mass is 9.94. The number of hydrogen-bond donors (Lipinski definition) is 2. The van der Waals surface area contributed by atoms with Crippen LogP contribution in [0.25, 0.3) is 5.69 Å². The van der Waals surface area contributed by atoms with Gasteiger partial charge < -0.3 is 10.5 Å². The monoisotopic (exact) mass is 475 g/mol. The number of rotatable bonds is 5. The summed E-state index contributed by atoms with van der Waals surface area (Å²) >= 11 is 12.2. The molecular formula is C18H14Cl2F3N5O3. The predicted octanol–water partition coefficient (Wildman–Crippen LogP) is 4.15. The van der Waals surface area contributed by atoms with Gasteiger partial charge in [0.25, 0.3) is 0 Å². The number of nitrogens with two attached hydrogens (primary N) is 1. The Bertz CT molecular complexity index is 1100. The number of primary amides is 1. The zero-order valence-electron chi connectivity index (χ0n) is 15.8. The van der Waals surface area contributed by atoms with Gasteiger partial charge in [-0.2, -0.15) is 23.5 Å². The molecule has 1 aliphatic carbocycles. The van der Waals surface area contributed by atoms with Crippen molar-refractivity contribution in [2.45, 2.75) is 31.4 Å². The lowest BCUT2D eigenvalue weighted by Crippen LogP contribution is -2.30. The van der Waals surface area contributed by atoms with Crippen molar-refractivity contribution in [2.75, 3.05) is 11.9 Å². The summed E-state index contributed by atoms with van der Waals surface area (Å²) in [7, 11) is 0. The van der Waals surface area contributed by atoms with Gasteiger partial charge in [-0.15, -0.1) is 0 Å². The topological polar surface area (TPSA) is 123 Å². The number of nitrogens with one attached hydrogen (secondary N) is 1.